The van der Waals surface area contributed by atoms with E-state index in [0.29, 0.717) is 39.2 Å². The van der Waals surface area contributed by atoms with Crippen molar-refractivity contribution in [3.63, 3.8) is 0 Å². The third-order valence-electron chi connectivity index (χ3n) is 6.48. The van der Waals surface area contributed by atoms with Crippen LogP contribution in [0.25, 0.3) is 0 Å². The monoisotopic (exact) mass is 499 g/mol. The van der Waals surface area contributed by atoms with E-state index in [1.807, 2.05) is 26.2 Å². The summed E-state index contributed by atoms with van der Waals surface area (Å²) in [4.78, 5) is 27.3. The van der Waals surface area contributed by atoms with Crippen molar-refractivity contribution in [2.75, 3.05) is 46.4 Å². The van der Waals surface area contributed by atoms with E-state index in [2.05, 4.69) is 9.88 Å². The number of nitrogens with zero attached hydrogens (tertiary/aromatic N) is 4. The Kier molecular flexibility index (Phi) is 9.74. The predicted octanol–water partition coefficient (Wildman–Crippen LogP) is -0.125. The molecule has 34 heavy (non-hydrogen) atoms. The molecule has 0 aromatic carbocycles. The van der Waals surface area contributed by atoms with Crippen LogP contribution in [0.1, 0.15) is 25.7 Å². The van der Waals surface area contributed by atoms with Crippen LogP contribution in [0.15, 0.2) is 24.5 Å². The maximum absolute atomic E-state index is 13.6. The van der Waals surface area contributed by atoms with Gasteiger partial charge in [-0.2, -0.15) is 4.31 Å². The summed E-state index contributed by atoms with van der Waals surface area (Å²) in [5, 5.41) is 16.3. The Balaban J connectivity index is 0.00000103. The van der Waals surface area contributed by atoms with Gasteiger partial charge in [0.25, 0.3) is 12.4 Å². The molecule has 0 spiro atoms. The molecule has 0 radical (unpaired) electrons. The first-order valence-corrected chi connectivity index (χ1v) is 12.3. The van der Waals surface area contributed by atoms with Gasteiger partial charge in [0.2, 0.25) is 0 Å². The van der Waals surface area contributed by atoms with Gasteiger partial charge in [-0.25, -0.2) is 14.0 Å². The highest BCUT2D eigenvalue weighted by Crippen LogP contribution is 2.41. The Morgan fingerprint density at radius 3 is 2.62 bits per heavy atom. The number of hydrogen-bond donors (Lipinski definition) is 3. The number of methoxy groups -OCH3 is 1. The number of piperazine rings is 1. The summed E-state index contributed by atoms with van der Waals surface area (Å²) in [7, 11) is 1.65. The summed E-state index contributed by atoms with van der Waals surface area (Å²) in [6.45, 7) is 3.42. The number of amides is 1. The van der Waals surface area contributed by atoms with Crippen LogP contribution in [0, 0.1) is 0 Å². The van der Waals surface area contributed by atoms with Crippen molar-refractivity contribution in [2.45, 2.75) is 43.4 Å². The Morgan fingerprint density at radius 2 is 2.00 bits per heavy atom. The minimum Gasteiger partial charge on any atom is -0.490 e. The molecule has 1 aromatic heterocycles. The number of rotatable bonds is 8. The third-order valence-corrected chi connectivity index (χ3v) is 8.27. The fraction of sp³-hybridized carbons (Fsp3) is 0.667. The number of carboxylic acid groups (broad SMARTS) is 1. The number of carbonyl (C=O) groups is 2. The van der Waals surface area contributed by atoms with Gasteiger partial charge in [-0.3, -0.25) is 24.7 Å². The lowest BCUT2D eigenvalue weighted by molar-refractivity contribution is -0.141. The predicted molar refractivity (Wildman–Crippen MR) is 122 cm³/mol. The van der Waals surface area contributed by atoms with E-state index in [4.69, 9.17) is 19.4 Å². The summed E-state index contributed by atoms with van der Waals surface area (Å²) >= 11 is -1.46. The fourth-order valence-corrected chi connectivity index (χ4v) is 6.66. The molecule has 13 heteroatoms. The molecule has 0 saturated carbocycles. The van der Waals surface area contributed by atoms with Gasteiger partial charge in [0.05, 0.1) is 6.61 Å². The molecule has 1 amide bonds. The molecule has 3 aliphatic rings. The average molecular weight is 500 g/mol. The molecule has 1 aromatic rings. The van der Waals surface area contributed by atoms with E-state index < -0.39 is 22.6 Å². The minimum absolute atomic E-state index is 0.00506. The van der Waals surface area contributed by atoms with Gasteiger partial charge in [0.15, 0.2) is 11.2 Å². The summed E-state index contributed by atoms with van der Waals surface area (Å²) in [6, 6.07) is 3.67. The van der Waals surface area contributed by atoms with Crippen molar-refractivity contribution in [1.82, 2.24) is 24.0 Å². The number of pyridine rings is 1. The highest BCUT2D eigenvalue weighted by Gasteiger charge is 2.59. The molecular weight excluding hydrogens is 466 g/mol. The van der Waals surface area contributed by atoms with Crippen molar-refractivity contribution in [2.24, 2.45) is 0 Å². The van der Waals surface area contributed by atoms with E-state index in [9.17, 15) is 14.2 Å². The van der Waals surface area contributed by atoms with E-state index in [0.717, 1.165) is 31.6 Å². The highest BCUT2D eigenvalue weighted by atomic mass is 32.2. The zero-order valence-corrected chi connectivity index (χ0v) is 20.1. The quantitative estimate of drug-likeness (QED) is 0.253. The second-order valence-corrected chi connectivity index (χ2v) is 9.86. The number of ether oxygens (including phenoxy) is 2. The van der Waals surface area contributed by atoms with Gasteiger partial charge in [0.1, 0.15) is 17.4 Å². The lowest BCUT2D eigenvalue weighted by Gasteiger charge is -2.48. The van der Waals surface area contributed by atoms with Crippen LogP contribution in [0.5, 0.6) is 5.75 Å². The Labute approximate surface area is 201 Å². The number of aromatic nitrogens is 1. The molecule has 3 N–H and O–H groups in total. The average Bonchev–Trinajstić information content (AvgIpc) is 3.10. The van der Waals surface area contributed by atoms with Crippen LogP contribution in [-0.4, -0.2) is 110 Å². The van der Waals surface area contributed by atoms with Gasteiger partial charge >= 0.3 is 0 Å². The number of carbonyl (C=O) groups excluding carboxylic acids is 1. The first-order valence-electron chi connectivity index (χ1n) is 11.3. The van der Waals surface area contributed by atoms with Crippen molar-refractivity contribution in [1.29, 1.82) is 0 Å². The van der Waals surface area contributed by atoms with E-state index in [-0.39, 0.29) is 18.6 Å². The van der Waals surface area contributed by atoms with Crippen LogP contribution >= 0.6 is 0 Å². The van der Waals surface area contributed by atoms with Gasteiger partial charge in [-0.15, -0.1) is 0 Å². The SMILES string of the molecule is COCCN1CC2CCC(C(=O)NO)(C1)N2S(=O)N1CCC(Oc2ccncc2)CC1.O=CO. The molecule has 0 aliphatic carbocycles. The normalized spacial score (nSPS) is 26.8. The second-order valence-electron chi connectivity index (χ2n) is 8.48. The Morgan fingerprint density at radius 1 is 1.32 bits per heavy atom. The molecule has 3 atom stereocenters. The van der Waals surface area contributed by atoms with E-state index in [1.54, 1.807) is 19.5 Å². The zero-order chi connectivity index (χ0) is 24.6. The van der Waals surface area contributed by atoms with Crippen LogP contribution < -0.4 is 10.2 Å². The summed E-state index contributed by atoms with van der Waals surface area (Å²) in [5.74, 6) is 0.305. The van der Waals surface area contributed by atoms with Crippen LogP contribution in [0.4, 0.5) is 0 Å². The van der Waals surface area contributed by atoms with Gasteiger partial charge in [-0.1, -0.05) is 0 Å². The van der Waals surface area contributed by atoms with Crippen molar-refractivity contribution in [3.05, 3.63) is 24.5 Å². The first kappa shape index (κ1) is 26.4. The molecule has 3 saturated heterocycles. The summed E-state index contributed by atoms with van der Waals surface area (Å²) in [5.41, 5.74) is 0.836. The molecule has 2 bridgehead atoms. The van der Waals surface area contributed by atoms with Crippen LogP contribution in [0.2, 0.25) is 0 Å². The molecule has 3 fully saturated rings. The smallest absolute Gasteiger partial charge is 0.290 e. The molecule has 3 aliphatic heterocycles. The van der Waals surface area contributed by atoms with E-state index >= 15 is 0 Å². The summed E-state index contributed by atoms with van der Waals surface area (Å²) < 4.78 is 28.6. The Hall–Kier alpha value is -2.16. The number of hydrogen-bond acceptors (Lipinski definition) is 8. The van der Waals surface area contributed by atoms with Crippen LogP contribution in [0.3, 0.4) is 0 Å². The van der Waals surface area contributed by atoms with Gasteiger partial charge in [-0.05, 0) is 37.8 Å². The standard InChI is InChI=1S/C20H31N5O5S.CH2O2/c1-29-13-12-23-14-16-2-7-20(15-23,19(26)22-27)25(16)31(28)24-10-5-18(6-11-24)30-17-3-8-21-9-4-17;2-1-3/h3-4,8-9,16,18,27H,2,5-7,10-15H2,1H3,(H,22,26);1H,(H,2,3). The lowest BCUT2D eigenvalue weighted by Crippen LogP contribution is -2.69. The minimum atomic E-state index is -1.46. The number of likely N-dealkylation sites (tertiary alicyclic amines) is 1. The molecule has 3 unspecified atom stereocenters. The van der Waals surface area contributed by atoms with Gasteiger partial charge < -0.3 is 14.6 Å². The molecule has 12 nitrogen and oxygen atoms in total. The Bertz CT molecular complexity index is 827. The highest BCUT2D eigenvalue weighted by molar-refractivity contribution is 7.80. The zero-order valence-electron chi connectivity index (χ0n) is 19.2. The lowest BCUT2D eigenvalue weighted by atomic mass is 9.96. The maximum atomic E-state index is 13.6. The van der Waals surface area contributed by atoms with Crippen LogP contribution in [-0.2, 0) is 25.5 Å². The van der Waals surface area contributed by atoms with E-state index in [1.165, 1.54) is 0 Å². The molecule has 190 valence electrons. The number of piperidine rings is 1. The number of hydroxylamine groups is 1. The molecule has 4 rings (SSSR count). The van der Waals surface area contributed by atoms with Crippen molar-refractivity contribution >= 4 is 23.6 Å². The number of nitrogens with one attached hydrogen (secondary N) is 1. The van der Waals surface area contributed by atoms with Crippen molar-refractivity contribution in [3.8, 4) is 5.75 Å². The first-order chi connectivity index (χ1) is 16.5. The summed E-state index contributed by atoms with van der Waals surface area (Å²) in [6.07, 6.45) is 6.32. The molecule has 4 heterocycles. The third kappa shape index (κ3) is 5.90. The molecular formula is C21H33N5O7S. The largest absolute Gasteiger partial charge is 0.490 e. The van der Waals surface area contributed by atoms with Gasteiger partial charge in [0, 0.05) is 58.3 Å². The van der Waals surface area contributed by atoms with Crippen molar-refractivity contribution < 1.29 is 33.6 Å². The topological polar surface area (TPSA) is 145 Å². The maximum Gasteiger partial charge on any atom is 0.290 e. The number of fused-ring (bicyclic) bond motifs is 2. The fourth-order valence-electron chi connectivity index (χ4n) is 4.93. The second kappa shape index (κ2) is 12.5.